The molecule has 0 bridgehead atoms. The normalized spacial score (nSPS) is 50.3. The molecule has 2 aliphatic heterocycles. The third kappa shape index (κ3) is 3.15. The van der Waals surface area contributed by atoms with Crippen molar-refractivity contribution in [3.63, 3.8) is 0 Å². The number of allylic oxidation sites excluding steroid dienone is 1. The lowest BCUT2D eigenvalue weighted by Gasteiger charge is -2.60. The summed E-state index contributed by atoms with van der Waals surface area (Å²) in [5, 5.41) is 11.4. The molecule has 2 saturated carbocycles. The number of aliphatic hydroxyl groups is 1. The molecule has 156 valence electrons. The highest BCUT2D eigenvalue weighted by Gasteiger charge is 2.65. The number of carbonyl (C=O) groups excluding carboxylic acids is 1. The van der Waals surface area contributed by atoms with Crippen LogP contribution in [0.3, 0.4) is 0 Å². The Hall–Kier alpha value is -1.21. The number of rotatable bonds is 3. The summed E-state index contributed by atoms with van der Waals surface area (Å²) in [6.45, 7) is 11.7. The first-order chi connectivity index (χ1) is 13.0. The lowest BCUT2D eigenvalue weighted by Crippen LogP contribution is -2.63. The minimum Gasteiger partial charge on any atom is -0.462 e. The van der Waals surface area contributed by atoms with Gasteiger partial charge in [-0.3, -0.25) is 4.79 Å². The maximum absolute atomic E-state index is 11.4. The second-order valence-electron chi connectivity index (χ2n) is 9.78. The third-order valence-corrected chi connectivity index (χ3v) is 7.59. The van der Waals surface area contributed by atoms with E-state index in [1.54, 1.807) is 19.1 Å². The molecule has 7 atom stereocenters. The molecule has 4 aliphatic rings. The van der Waals surface area contributed by atoms with Crippen LogP contribution in [0.4, 0.5) is 0 Å². The Morgan fingerprint density at radius 3 is 2.68 bits per heavy atom. The van der Waals surface area contributed by atoms with Gasteiger partial charge in [-0.25, -0.2) is 4.89 Å². The van der Waals surface area contributed by atoms with E-state index >= 15 is 0 Å². The van der Waals surface area contributed by atoms with Crippen LogP contribution in [0.25, 0.3) is 0 Å². The van der Waals surface area contributed by atoms with E-state index in [4.69, 9.17) is 19.2 Å². The highest BCUT2D eigenvalue weighted by Crippen LogP contribution is 2.64. The van der Waals surface area contributed by atoms with Crippen LogP contribution in [-0.2, 0) is 24.0 Å². The van der Waals surface area contributed by atoms with Gasteiger partial charge in [0.25, 0.3) is 0 Å². The molecule has 0 spiro atoms. The average Bonchev–Trinajstić information content (AvgIpc) is 3.27. The van der Waals surface area contributed by atoms with E-state index in [-0.39, 0.29) is 24.1 Å². The van der Waals surface area contributed by atoms with Gasteiger partial charge in [-0.2, -0.15) is 4.89 Å². The van der Waals surface area contributed by atoms with Crippen molar-refractivity contribution >= 4 is 5.97 Å². The minimum atomic E-state index is -1.52. The molecule has 0 aromatic heterocycles. The Balaban J connectivity index is 1.52. The van der Waals surface area contributed by atoms with Gasteiger partial charge in [0.2, 0.25) is 5.79 Å². The average molecular weight is 392 g/mol. The Kier molecular flexibility index (Phi) is 4.58. The smallest absolute Gasteiger partial charge is 0.302 e. The molecule has 2 heterocycles. The van der Waals surface area contributed by atoms with Crippen LogP contribution in [0.2, 0.25) is 0 Å². The van der Waals surface area contributed by atoms with Crippen LogP contribution in [-0.4, -0.2) is 40.8 Å². The van der Waals surface area contributed by atoms with Crippen molar-refractivity contribution in [2.45, 2.75) is 82.9 Å². The molecule has 1 saturated heterocycles. The van der Waals surface area contributed by atoms with Crippen molar-refractivity contribution < 1.29 is 29.1 Å². The van der Waals surface area contributed by atoms with Crippen molar-refractivity contribution in [2.75, 3.05) is 6.61 Å². The Bertz CT molecular complexity index is 718. The lowest BCUT2D eigenvalue weighted by atomic mass is 9.48. The second kappa shape index (κ2) is 6.39. The van der Waals surface area contributed by atoms with Crippen molar-refractivity contribution in [1.82, 2.24) is 0 Å². The molecular formula is C22H32O6. The maximum atomic E-state index is 11.4. The highest BCUT2D eigenvalue weighted by atomic mass is 17.2. The van der Waals surface area contributed by atoms with E-state index in [0.29, 0.717) is 12.0 Å². The molecule has 6 nitrogen and oxygen atoms in total. The van der Waals surface area contributed by atoms with Gasteiger partial charge < -0.3 is 14.6 Å². The van der Waals surface area contributed by atoms with Crippen molar-refractivity contribution in [3.05, 3.63) is 24.3 Å². The van der Waals surface area contributed by atoms with E-state index in [1.807, 2.05) is 0 Å². The Morgan fingerprint density at radius 1 is 1.29 bits per heavy atom. The van der Waals surface area contributed by atoms with E-state index < -0.39 is 16.8 Å². The fourth-order valence-corrected chi connectivity index (χ4v) is 5.32. The second-order valence-corrected chi connectivity index (χ2v) is 9.78. The first-order valence-corrected chi connectivity index (χ1v) is 10.3. The molecule has 7 unspecified atom stereocenters. The summed E-state index contributed by atoms with van der Waals surface area (Å²) in [6.07, 6.45) is 8.50. The zero-order valence-corrected chi connectivity index (χ0v) is 17.3. The zero-order valence-electron chi connectivity index (χ0n) is 17.3. The molecule has 4 rings (SSSR count). The van der Waals surface area contributed by atoms with E-state index in [1.165, 1.54) is 12.5 Å². The monoisotopic (exact) mass is 392 g/mol. The van der Waals surface area contributed by atoms with E-state index in [0.717, 1.165) is 32.1 Å². The molecule has 0 radical (unpaired) electrons. The standard InChI is InChI=1S/C22H32O6/c1-14-6-7-18-21(5,26-18)9-8-17-16(14)12-20(17,4)22(24)11-10-19(3,27-28-22)13-25-15(2)23/h10-11,16-18,24H,1,6-9,12-13H2,2-5H3. The number of ether oxygens (including phenoxy) is 2. The number of hydrogen-bond donors (Lipinski definition) is 1. The fourth-order valence-electron chi connectivity index (χ4n) is 5.32. The molecule has 3 fully saturated rings. The summed E-state index contributed by atoms with van der Waals surface area (Å²) in [6, 6.07) is 0. The summed E-state index contributed by atoms with van der Waals surface area (Å²) in [5.41, 5.74) is -0.171. The van der Waals surface area contributed by atoms with Gasteiger partial charge in [0.05, 0.1) is 11.7 Å². The Labute approximate surface area is 166 Å². The van der Waals surface area contributed by atoms with Crippen LogP contribution < -0.4 is 0 Å². The van der Waals surface area contributed by atoms with Gasteiger partial charge in [0.15, 0.2) is 5.60 Å². The summed E-state index contributed by atoms with van der Waals surface area (Å²) < 4.78 is 11.0. The summed E-state index contributed by atoms with van der Waals surface area (Å²) >= 11 is 0. The maximum Gasteiger partial charge on any atom is 0.302 e. The van der Waals surface area contributed by atoms with Gasteiger partial charge in [0, 0.05) is 12.3 Å². The molecule has 2 aliphatic carbocycles. The first kappa shape index (κ1) is 20.1. The van der Waals surface area contributed by atoms with Crippen molar-refractivity contribution in [2.24, 2.45) is 17.3 Å². The number of hydrogen-bond acceptors (Lipinski definition) is 6. The van der Waals surface area contributed by atoms with Crippen LogP contribution in [0, 0.1) is 17.3 Å². The summed E-state index contributed by atoms with van der Waals surface area (Å²) in [5.74, 6) is -1.27. The first-order valence-electron chi connectivity index (χ1n) is 10.3. The largest absolute Gasteiger partial charge is 0.462 e. The van der Waals surface area contributed by atoms with Crippen LogP contribution in [0.5, 0.6) is 0 Å². The topological polar surface area (TPSA) is 77.5 Å². The van der Waals surface area contributed by atoms with E-state index in [2.05, 4.69) is 20.4 Å². The minimum absolute atomic E-state index is 0.0311. The summed E-state index contributed by atoms with van der Waals surface area (Å²) in [7, 11) is 0. The number of fused-ring (bicyclic) bond motifs is 2. The van der Waals surface area contributed by atoms with E-state index in [9.17, 15) is 9.90 Å². The molecule has 6 heteroatoms. The highest BCUT2D eigenvalue weighted by molar-refractivity contribution is 5.66. The Morgan fingerprint density at radius 2 is 2.04 bits per heavy atom. The van der Waals surface area contributed by atoms with Crippen LogP contribution in [0.1, 0.15) is 59.8 Å². The predicted molar refractivity (Wildman–Crippen MR) is 102 cm³/mol. The molecule has 0 amide bonds. The van der Waals surface area contributed by atoms with Crippen LogP contribution in [0.15, 0.2) is 24.3 Å². The summed E-state index contributed by atoms with van der Waals surface area (Å²) in [4.78, 5) is 22.2. The molecule has 0 aromatic rings. The molecular weight excluding hydrogens is 360 g/mol. The lowest BCUT2D eigenvalue weighted by molar-refractivity contribution is -0.480. The van der Waals surface area contributed by atoms with Gasteiger partial charge in [-0.15, -0.1) is 0 Å². The quantitative estimate of drug-likeness (QED) is 0.343. The van der Waals surface area contributed by atoms with Gasteiger partial charge in [-0.05, 0) is 69.9 Å². The SMILES string of the molecule is C=C1CCC2OC2(C)CCC2C1CC2(C)C1(O)C=CC(C)(COC(C)=O)OO1. The van der Waals surface area contributed by atoms with Gasteiger partial charge in [-0.1, -0.05) is 19.1 Å². The van der Waals surface area contributed by atoms with Gasteiger partial charge >= 0.3 is 5.97 Å². The number of epoxide rings is 1. The molecule has 28 heavy (non-hydrogen) atoms. The molecule has 0 aromatic carbocycles. The number of esters is 1. The van der Waals surface area contributed by atoms with Gasteiger partial charge in [0.1, 0.15) is 6.61 Å². The van der Waals surface area contributed by atoms with Crippen LogP contribution >= 0.6 is 0 Å². The van der Waals surface area contributed by atoms with Crippen molar-refractivity contribution in [1.29, 1.82) is 0 Å². The number of carbonyl (C=O) groups is 1. The zero-order chi connectivity index (χ0) is 20.4. The van der Waals surface area contributed by atoms with Crippen molar-refractivity contribution in [3.8, 4) is 0 Å². The molecule has 1 N–H and O–H groups in total. The predicted octanol–water partition coefficient (Wildman–Crippen LogP) is 3.44. The third-order valence-electron chi connectivity index (χ3n) is 7.59. The fraction of sp³-hybridized carbons (Fsp3) is 0.773.